The topological polar surface area (TPSA) is 66.1 Å². The maximum Gasteiger partial charge on any atom is 0.244 e. The number of benzene rings is 2. The molecule has 2 atom stereocenters. The van der Waals surface area contributed by atoms with E-state index in [1.54, 1.807) is 46.9 Å². The number of nitrogens with zero attached hydrogens (tertiary/aromatic N) is 2. The predicted molar refractivity (Wildman–Crippen MR) is 110 cm³/mol. The van der Waals surface area contributed by atoms with Crippen LogP contribution in [0.4, 0.5) is 0 Å². The summed E-state index contributed by atoms with van der Waals surface area (Å²) in [5.74, 6) is 0. The van der Waals surface area contributed by atoms with E-state index in [1.165, 1.54) is 0 Å². The molecule has 2 heterocycles. The lowest BCUT2D eigenvalue weighted by atomic mass is 9.90. The molecule has 0 fully saturated rings. The van der Waals surface area contributed by atoms with E-state index >= 15 is 0 Å². The van der Waals surface area contributed by atoms with E-state index < -0.39 is 16.1 Å². The highest BCUT2D eigenvalue weighted by molar-refractivity contribution is 7.89. The van der Waals surface area contributed by atoms with Crippen LogP contribution in [0.1, 0.15) is 36.2 Å². The van der Waals surface area contributed by atoms with Crippen LogP contribution in [0.2, 0.25) is 10.0 Å². The van der Waals surface area contributed by atoms with Crippen molar-refractivity contribution in [2.24, 2.45) is 0 Å². The van der Waals surface area contributed by atoms with Gasteiger partial charge in [-0.2, -0.15) is 9.40 Å². The molecule has 0 aliphatic carbocycles. The molecule has 2 aromatic carbocycles. The molecule has 1 aliphatic rings. The largest absolute Gasteiger partial charge is 0.285 e. The average Bonchev–Trinajstić information content (AvgIpc) is 3.16. The minimum Gasteiger partial charge on any atom is -0.285 e. The number of aromatic nitrogens is 2. The zero-order chi connectivity index (χ0) is 19.9. The summed E-state index contributed by atoms with van der Waals surface area (Å²) < 4.78 is 29.0. The predicted octanol–water partition coefficient (Wildman–Crippen LogP) is 4.83. The van der Waals surface area contributed by atoms with Crippen LogP contribution in [0.3, 0.4) is 0 Å². The van der Waals surface area contributed by atoms with Gasteiger partial charge < -0.3 is 0 Å². The third kappa shape index (κ3) is 3.35. The average molecular weight is 436 g/mol. The van der Waals surface area contributed by atoms with Gasteiger partial charge in [0.15, 0.2) is 0 Å². The summed E-state index contributed by atoms with van der Waals surface area (Å²) in [6.45, 7) is 1.99. The van der Waals surface area contributed by atoms with Crippen LogP contribution in [0.5, 0.6) is 0 Å². The van der Waals surface area contributed by atoms with Crippen LogP contribution in [0.25, 0.3) is 0 Å². The Bertz CT molecular complexity index is 1080. The number of nitrogens with one attached hydrogen (secondary N) is 1. The smallest absolute Gasteiger partial charge is 0.244 e. The molecule has 3 aromatic rings. The highest BCUT2D eigenvalue weighted by atomic mass is 35.5. The van der Waals surface area contributed by atoms with E-state index in [0.29, 0.717) is 22.9 Å². The maximum absolute atomic E-state index is 13.7. The van der Waals surface area contributed by atoms with Crippen LogP contribution >= 0.6 is 23.2 Å². The minimum atomic E-state index is -3.77. The zero-order valence-corrected chi connectivity index (χ0v) is 17.5. The molecule has 4 rings (SSSR count). The van der Waals surface area contributed by atoms with Gasteiger partial charge in [-0.25, -0.2) is 8.42 Å². The van der Waals surface area contributed by atoms with Crippen molar-refractivity contribution in [1.82, 2.24) is 14.5 Å². The van der Waals surface area contributed by atoms with Crippen LogP contribution in [-0.4, -0.2) is 29.0 Å². The first kappa shape index (κ1) is 19.5. The third-order valence-electron chi connectivity index (χ3n) is 5.14. The van der Waals surface area contributed by atoms with Crippen molar-refractivity contribution >= 4 is 33.2 Å². The van der Waals surface area contributed by atoms with Crippen molar-refractivity contribution in [2.45, 2.75) is 36.7 Å². The van der Waals surface area contributed by atoms with Gasteiger partial charge in [-0.1, -0.05) is 42.3 Å². The number of hydrogen-bond acceptors (Lipinski definition) is 3. The normalized spacial score (nSPS) is 20.1. The van der Waals surface area contributed by atoms with Gasteiger partial charge >= 0.3 is 0 Å². The molecule has 5 nitrogen and oxygen atoms in total. The highest BCUT2D eigenvalue weighted by Crippen LogP contribution is 2.41. The number of halogens is 2. The molecule has 0 radical (unpaired) electrons. The first-order valence-corrected chi connectivity index (χ1v) is 11.2. The van der Waals surface area contributed by atoms with Gasteiger partial charge in [-0.05, 0) is 48.4 Å². The summed E-state index contributed by atoms with van der Waals surface area (Å²) in [5.41, 5.74) is 2.61. The Hall–Kier alpha value is -1.86. The molecule has 28 heavy (non-hydrogen) atoms. The Morgan fingerprint density at radius 2 is 1.68 bits per heavy atom. The Kier molecular flexibility index (Phi) is 5.22. The monoisotopic (exact) mass is 435 g/mol. The maximum atomic E-state index is 13.7. The van der Waals surface area contributed by atoms with Gasteiger partial charge in [0.2, 0.25) is 10.0 Å². The van der Waals surface area contributed by atoms with Gasteiger partial charge in [0.1, 0.15) is 0 Å². The molecule has 0 amide bonds. The van der Waals surface area contributed by atoms with E-state index in [9.17, 15) is 8.42 Å². The summed E-state index contributed by atoms with van der Waals surface area (Å²) in [6.07, 6.45) is 3.01. The molecule has 146 valence electrons. The van der Waals surface area contributed by atoms with Crippen molar-refractivity contribution < 1.29 is 8.42 Å². The number of aromatic amines is 1. The molecule has 8 heteroatoms. The lowest BCUT2D eigenvalue weighted by molar-refractivity contribution is 0.248. The Balaban J connectivity index is 1.90. The molecule has 0 spiro atoms. The Morgan fingerprint density at radius 1 is 1.07 bits per heavy atom. The number of sulfonamides is 1. The summed E-state index contributed by atoms with van der Waals surface area (Å²) >= 11 is 12.0. The fourth-order valence-corrected chi connectivity index (χ4v) is 5.85. The molecule has 2 unspecified atom stereocenters. The molecule has 1 aromatic heterocycles. The van der Waals surface area contributed by atoms with Crippen molar-refractivity contribution in [2.75, 3.05) is 0 Å². The molecule has 0 saturated heterocycles. The Morgan fingerprint density at radius 3 is 2.29 bits per heavy atom. The van der Waals surface area contributed by atoms with E-state index in [0.717, 1.165) is 16.8 Å². The minimum absolute atomic E-state index is 0.211. The highest BCUT2D eigenvalue weighted by Gasteiger charge is 2.43. The molecule has 0 saturated carbocycles. The van der Waals surface area contributed by atoms with Crippen molar-refractivity contribution in [3.8, 4) is 0 Å². The molecular formula is C20H19Cl2N3O2S. The molecular weight excluding hydrogens is 417 g/mol. The SMILES string of the molecule is CCC1Cc2n[nH]cc2C(c2ccc(Cl)cc2)N1S(=O)(=O)c1ccc(Cl)cc1. The van der Waals surface area contributed by atoms with Gasteiger partial charge in [-0.15, -0.1) is 0 Å². The first-order chi connectivity index (χ1) is 13.4. The van der Waals surface area contributed by atoms with E-state index in [1.807, 2.05) is 19.1 Å². The number of H-pyrrole nitrogens is 1. The summed E-state index contributed by atoms with van der Waals surface area (Å²) in [4.78, 5) is 0.223. The number of rotatable bonds is 4. The van der Waals surface area contributed by atoms with Crippen LogP contribution in [-0.2, 0) is 16.4 Å². The Labute approximate surface area is 174 Å². The molecule has 1 aliphatic heterocycles. The number of fused-ring (bicyclic) bond motifs is 1. The summed E-state index contributed by atoms with van der Waals surface area (Å²) in [7, 11) is -3.77. The second-order valence-electron chi connectivity index (χ2n) is 6.80. The molecule has 1 N–H and O–H groups in total. The van der Waals surface area contributed by atoms with Crippen LogP contribution in [0.15, 0.2) is 59.6 Å². The van der Waals surface area contributed by atoms with Crippen molar-refractivity contribution in [1.29, 1.82) is 0 Å². The fourth-order valence-electron chi connectivity index (χ4n) is 3.75. The number of hydrogen-bond donors (Lipinski definition) is 1. The van der Waals surface area contributed by atoms with E-state index in [-0.39, 0.29) is 10.9 Å². The third-order valence-corrected chi connectivity index (χ3v) is 7.57. The zero-order valence-electron chi connectivity index (χ0n) is 15.1. The lowest BCUT2D eigenvalue weighted by Crippen LogP contribution is -2.47. The van der Waals surface area contributed by atoms with Gasteiger partial charge in [-0.3, -0.25) is 5.10 Å². The van der Waals surface area contributed by atoms with Crippen LogP contribution < -0.4 is 0 Å². The second kappa shape index (κ2) is 7.52. The second-order valence-corrected chi connectivity index (χ2v) is 9.51. The van der Waals surface area contributed by atoms with Crippen LogP contribution in [0, 0.1) is 0 Å². The lowest BCUT2D eigenvalue weighted by Gasteiger charge is -2.40. The summed E-state index contributed by atoms with van der Waals surface area (Å²) in [5, 5.41) is 8.36. The standard InChI is InChI=1S/C20H19Cl2N3O2S/c1-2-16-11-19-18(12-23-24-19)20(13-3-5-14(21)6-4-13)25(16)28(26,27)17-9-7-15(22)8-10-17/h3-10,12,16,20H,2,11H2,1H3,(H,23,24). The van der Waals surface area contributed by atoms with Gasteiger partial charge in [0.25, 0.3) is 0 Å². The van der Waals surface area contributed by atoms with E-state index in [2.05, 4.69) is 10.2 Å². The van der Waals surface area contributed by atoms with Crippen molar-refractivity contribution in [3.05, 3.63) is 81.6 Å². The van der Waals surface area contributed by atoms with Crippen molar-refractivity contribution in [3.63, 3.8) is 0 Å². The van der Waals surface area contributed by atoms with E-state index in [4.69, 9.17) is 23.2 Å². The fraction of sp³-hybridized carbons (Fsp3) is 0.250. The first-order valence-electron chi connectivity index (χ1n) is 8.99. The summed E-state index contributed by atoms with van der Waals surface area (Å²) in [6, 6.07) is 12.9. The molecule has 0 bridgehead atoms. The quantitative estimate of drug-likeness (QED) is 0.637. The van der Waals surface area contributed by atoms with Gasteiger partial charge in [0, 0.05) is 34.3 Å². The van der Waals surface area contributed by atoms with Gasteiger partial charge in [0.05, 0.1) is 16.6 Å².